The monoisotopic (exact) mass is 293 g/mol. The maximum atomic E-state index is 2.65. The van der Waals surface area contributed by atoms with E-state index in [9.17, 15) is 0 Å². The summed E-state index contributed by atoms with van der Waals surface area (Å²) in [5.74, 6) is 1.94. The van der Waals surface area contributed by atoms with Crippen molar-refractivity contribution < 1.29 is 0 Å². The number of alkyl halides is 1. The van der Waals surface area contributed by atoms with Crippen LogP contribution >= 0.6 is 22.6 Å². The van der Waals surface area contributed by atoms with Crippen molar-refractivity contribution in [2.24, 2.45) is 17.3 Å². The van der Waals surface area contributed by atoms with Gasteiger partial charge in [0.2, 0.25) is 0 Å². The molecule has 13 heavy (non-hydrogen) atoms. The number of rotatable bonds is 0. The van der Waals surface area contributed by atoms with Crippen molar-refractivity contribution in [1.29, 1.82) is 0 Å². The quantitative estimate of drug-likeness (QED) is 0.490. The lowest BCUT2D eigenvalue weighted by atomic mass is 9.65. The van der Waals surface area contributed by atoms with Gasteiger partial charge in [-0.15, -0.1) is 0 Å². The normalized spacial score (nSPS) is 44.8. The summed E-state index contributed by atoms with van der Waals surface area (Å²) in [6.07, 6.45) is 2.88. The summed E-state index contributed by atoms with van der Waals surface area (Å²) >= 11 is 2.65. The molecule has 1 nitrogen and oxygen atoms in total. The van der Waals surface area contributed by atoms with Crippen molar-refractivity contribution in [3.8, 4) is 0 Å². The van der Waals surface area contributed by atoms with E-state index in [1.807, 2.05) is 0 Å². The molecule has 1 aliphatic carbocycles. The van der Waals surface area contributed by atoms with Crippen molar-refractivity contribution in [3.05, 3.63) is 0 Å². The van der Waals surface area contributed by atoms with Crippen molar-refractivity contribution in [1.82, 2.24) is 4.90 Å². The molecule has 1 aliphatic heterocycles. The molecule has 0 aromatic rings. The Morgan fingerprint density at radius 2 is 2.00 bits per heavy atom. The van der Waals surface area contributed by atoms with Gasteiger partial charge in [-0.1, -0.05) is 36.4 Å². The molecule has 2 heteroatoms. The lowest BCUT2D eigenvalue weighted by Gasteiger charge is -2.42. The highest BCUT2D eigenvalue weighted by Gasteiger charge is 2.45. The smallest absolute Gasteiger partial charge is 0.0118 e. The van der Waals surface area contributed by atoms with Crippen LogP contribution in [0.4, 0.5) is 0 Å². The minimum absolute atomic E-state index is 0.583. The summed E-state index contributed by atoms with van der Waals surface area (Å²) < 4.78 is 0.917. The summed E-state index contributed by atoms with van der Waals surface area (Å²) in [5, 5.41) is 0. The Bertz CT molecular complexity index is 202. The number of fused-ring (bicyclic) bond motifs is 1. The summed E-state index contributed by atoms with van der Waals surface area (Å²) in [5.41, 5.74) is 0.583. The minimum Gasteiger partial charge on any atom is -0.306 e. The zero-order valence-corrected chi connectivity index (χ0v) is 11.0. The van der Waals surface area contributed by atoms with Crippen LogP contribution < -0.4 is 0 Å². The fourth-order valence-corrected chi connectivity index (χ4v) is 5.13. The number of hydrogen-bond donors (Lipinski definition) is 0. The van der Waals surface area contributed by atoms with E-state index in [0.717, 1.165) is 15.8 Å². The van der Waals surface area contributed by atoms with Gasteiger partial charge in [0.15, 0.2) is 0 Å². The predicted octanol–water partition coefficient (Wildman–Crippen LogP) is 2.79. The first-order chi connectivity index (χ1) is 5.99. The molecule has 1 heterocycles. The van der Waals surface area contributed by atoms with E-state index in [0.29, 0.717) is 5.41 Å². The highest BCUT2D eigenvalue weighted by molar-refractivity contribution is 14.1. The molecule has 0 spiro atoms. The molecule has 0 bridgehead atoms. The Kier molecular flexibility index (Phi) is 2.65. The van der Waals surface area contributed by atoms with Crippen LogP contribution in [0.2, 0.25) is 0 Å². The summed E-state index contributed by atoms with van der Waals surface area (Å²) in [7, 11) is 2.27. The van der Waals surface area contributed by atoms with Gasteiger partial charge in [0.1, 0.15) is 0 Å². The topological polar surface area (TPSA) is 3.24 Å². The third-order valence-electron chi connectivity index (χ3n) is 3.93. The van der Waals surface area contributed by atoms with Crippen molar-refractivity contribution in [3.63, 3.8) is 0 Å². The molecule has 0 aromatic heterocycles. The second kappa shape index (κ2) is 3.37. The van der Waals surface area contributed by atoms with Gasteiger partial charge in [-0.25, -0.2) is 0 Å². The van der Waals surface area contributed by atoms with Crippen LogP contribution in [-0.2, 0) is 0 Å². The van der Waals surface area contributed by atoms with Crippen LogP contribution in [-0.4, -0.2) is 29.0 Å². The van der Waals surface area contributed by atoms with Crippen molar-refractivity contribution in [2.45, 2.75) is 30.6 Å². The summed E-state index contributed by atoms with van der Waals surface area (Å²) in [4.78, 5) is 2.52. The largest absolute Gasteiger partial charge is 0.306 e. The van der Waals surface area contributed by atoms with Gasteiger partial charge in [0.25, 0.3) is 0 Å². The number of nitrogens with zero attached hydrogens (tertiary/aromatic N) is 1. The molecule has 3 unspecified atom stereocenters. The van der Waals surface area contributed by atoms with Gasteiger partial charge in [-0.05, 0) is 37.1 Å². The van der Waals surface area contributed by atoms with Crippen LogP contribution in [0.5, 0.6) is 0 Å². The number of hydrogen-bond acceptors (Lipinski definition) is 1. The SMILES string of the molecule is CN1CC2CC(I)CC(C)(C)C2C1. The van der Waals surface area contributed by atoms with Gasteiger partial charge >= 0.3 is 0 Å². The Hall–Kier alpha value is 0.690. The first-order valence-electron chi connectivity index (χ1n) is 5.31. The molecule has 3 atom stereocenters. The maximum Gasteiger partial charge on any atom is 0.0118 e. The molecule has 0 aromatic carbocycles. The van der Waals surface area contributed by atoms with E-state index in [2.05, 4.69) is 48.4 Å². The second-order valence-electron chi connectivity index (χ2n) is 5.61. The fourth-order valence-electron chi connectivity index (χ4n) is 3.35. The van der Waals surface area contributed by atoms with Crippen LogP contribution in [0.15, 0.2) is 0 Å². The molecular formula is C11H20IN. The predicted molar refractivity (Wildman–Crippen MR) is 65.3 cm³/mol. The summed E-state index contributed by atoms with van der Waals surface area (Å²) in [6.45, 7) is 7.61. The number of halogens is 1. The minimum atomic E-state index is 0.583. The first kappa shape index (κ1) is 10.2. The van der Waals surface area contributed by atoms with E-state index < -0.39 is 0 Å². The Morgan fingerprint density at radius 1 is 1.31 bits per heavy atom. The molecule has 2 fully saturated rings. The molecule has 0 amide bonds. The zero-order chi connectivity index (χ0) is 9.64. The van der Waals surface area contributed by atoms with E-state index in [1.165, 1.54) is 25.9 Å². The van der Waals surface area contributed by atoms with Crippen LogP contribution in [0.1, 0.15) is 26.7 Å². The molecule has 0 N–H and O–H groups in total. The second-order valence-corrected chi connectivity index (χ2v) is 7.38. The van der Waals surface area contributed by atoms with Gasteiger partial charge in [-0.2, -0.15) is 0 Å². The molecule has 0 radical (unpaired) electrons. The maximum absolute atomic E-state index is 2.65. The molecule has 1 saturated carbocycles. The highest BCUT2D eigenvalue weighted by Crippen LogP contribution is 2.49. The average Bonchev–Trinajstić information content (AvgIpc) is 2.28. The standard InChI is InChI=1S/C11H20IN/c1-11(2)5-9(12)4-8-6-13(3)7-10(8)11/h8-10H,4-7H2,1-3H3. The van der Waals surface area contributed by atoms with E-state index in [1.54, 1.807) is 0 Å². The molecule has 2 rings (SSSR count). The van der Waals surface area contributed by atoms with Gasteiger partial charge < -0.3 is 4.90 Å². The van der Waals surface area contributed by atoms with E-state index >= 15 is 0 Å². The van der Waals surface area contributed by atoms with E-state index in [-0.39, 0.29) is 0 Å². The third-order valence-corrected chi connectivity index (χ3v) is 4.88. The van der Waals surface area contributed by atoms with Gasteiger partial charge in [0.05, 0.1) is 0 Å². The fraction of sp³-hybridized carbons (Fsp3) is 1.00. The van der Waals surface area contributed by atoms with E-state index in [4.69, 9.17) is 0 Å². The third kappa shape index (κ3) is 1.89. The van der Waals surface area contributed by atoms with Crippen LogP contribution in [0, 0.1) is 17.3 Å². The van der Waals surface area contributed by atoms with Crippen molar-refractivity contribution in [2.75, 3.05) is 20.1 Å². The van der Waals surface area contributed by atoms with Gasteiger partial charge in [0, 0.05) is 17.0 Å². The summed E-state index contributed by atoms with van der Waals surface area (Å²) in [6, 6.07) is 0. The molecular weight excluding hydrogens is 273 g/mol. The Balaban J connectivity index is 2.15. The van der Waals surface area contributed by atoms with Crippen molar-refractivity contribution >= 4 is 22.6 Å². The van der Waals surface area contributed by atoms with Gasteiger partial charge in [-0.3, -0.25) is 0 Å². The average molecular weight is 293 g/mol. The molecule has 2 aliphatic rings. The number of likely N-dealkylation sites (tertiary alicyclic amines) is 1. The van der Waals surface area contributed by atoms with Crippen LogP contribution in [0.25, 0.3) is 0 Å². The molecule has 1 saturated heterocycles. The lowest BCUT2D eigenvalue weighted by Crippen LogP contribution is -2.38. The lowest BCUT2D eigenvalue weighted by molar-refractivity contribution is 0.119. The van der Waals surface area contributed by atoms with Crippen LogP contribution in [0.3, 0.4) is 0 Å². The first-order valence-corrected chi connectivity index (χ1v) is 6.56. The highest BCUT2D eigenvalue weighted by atomic mass is 127. The Morgan fingerprint density at radius 3 is 2.69 bits per heavy atom. The Labute approximate surface area is 95.4 Å². The zero-order valence-electron chi connectivity index (χ0n) is 8.89. The molecule has 76 valence electrons.